The van der Waals surface area contributed by atoms with Crippen molar-refractivity contribution in [2.45, 2.75) is 76.9 Å². The second-order valence-corrected chi connectivity index (χ2v) is 9.75. The zero-order valence-electron chi connectivity index (χ0n) is 20.5. The van der Waals surface area contributed by atoms with Crippen LogP contribution in [0.5, 0.6) is 0 Å². The molecule has 2 atom stereocenters. The van der Waals surface area contributed by atoms with E-state index in [9.17, 15) is 9.59 Å². The lowest BCUT2D eigenvalue weighted by molar-refractivity contribution is -0.127. The highest BCUT2D eigenvalue weighted by molar-refractivity contribution is 5.96. The summed E-state index contributed by atoms with van der Waals surface area (Å²) in [5, 5.41) is 0. The largest absolute Gasteiger partial charge is 0.369 e. The van der Waals surface area contributed by atoms with Gasteiger partial charge in [0.25, 0.3) is 5.91 Å². The van der Waals surface area contributed by atoms with Crippen molar-refractivity contribution in [3.8, 4) is 0 Å². The van der Waals surface area contributed by atoms with Crippen LogP contribution in [0.15, 0.2) is 60.7 Å². The number of primary amides is 1. The number of piperidine rings is 1. The average molecular weight is 450 g/mol. The second kappa shape index (κ2) is 11.0. The van der Waals surface area contributed by atoms with Gasteiger partial charge in [-0.25, -0.2) is 0 Å². The Bertz CT molecular complexity index is 905. The Labute approximate surface area is 199 Å². The Morgan fingerprint density at radius 1 is 0.970 bits per heavy atom. The van der Waals surface area contributed by atoms with E-state index in [0.717, 1.165) is 31.4 Å². The molecular formula is C28H39N3O2. The molecule has 0 radical (unpaired) electrons. The standard InChI is InChI=1S/C28H39N3O2/c1-21(2)30(22(3)4)20-18-28(27(29)33,24-15-9-6-10-16-24)25-17-11-12-19-31(25)26(32)23-13-7-5-8-14-23/h5-10,13-16,21-22,25H,11-12,17-20H2,1-4H3,(H2,29,33). The van der Waals surface area contributed by atoms with Crippen LogP contribution in [0, 0.1) is 0 Å². The molecule has 0 aliphatic carbocycles. The smallest absolute Gasteiger partial charge is 0.254 e. The van der Waals surface area contributed by atoms with Crippen molar-refractivity contribution in [1.82, 2.24) is 9.80 Å². The van der Waals surface area contributed by atoms with Crippen LogP contribution in [0.3, 0.4) is 0 Å². The third kappa shape index (κ3) is 5.30. The van der Waals surface area contributed by atoms with Crippen LogP contribution in [-0.2, 0) is 10.2 Å². The van der Waals surface area contributed by atoms with Gasteiger partial charge >= 0.3 is 0 Å². The number of rotatable bonds is 9. The van der Waals surface area contributed by atoms with E-state index < -0.39 is 5.41 Å². The van der Waals surface area contributed by atoms with Crippen LogP contribution in [0.25, 0.3) is 0 Å². The lowest BCUT2D eigenvalue weighted by Gasteiger charge is -2.48. The van der Waals surface area contributed by atoms with Crippen molar-refractivity contribution < 1.29 is 9.59 Å². The first-order valence-electron chi connectivity index (χ1n) is 12.3. The van der Waals surface area contributed by atoms with E-state index in [1.807, 2.05) is 65.6 Å². The van der Waals surface area contributed by atoms with E-state index in [-0.39, 0.29) is 17.9 Å². The van der Waals surface area contributed by atoms with Gasteiger partial charge < -0.3 is 10.6 Å². The Morgan fingerprint density at radius 2 is 1.55 bits per heavy atom. The molecule has 2 aromatic carbocycles. The molecule has 33 heavy (non-hydrogen) atoms. The molecule has 2 N–H and O–H groups in total. The fourth-order valence-electron chi connectivity index (χ4n) is 5.52. The maximum absolute atomic E-state index is 13.6. The van der Waals surface area contributed by atoms with E-state index in [0.29, 0.717) is 30.6 Å². The maximum Gasteiger partial charge on any atom is 0.254 e. The molecule has 5 heteroatoms. The van der Waals surface area contributed by atoms with Crippen molar-refractivity contribution in [2.75, 3.05) is 13.1 Å². The summed E-state index contributed by atoms with van der Waals surface area (Å²) in [5.74, 6) is -0.370. The summed E-state index contributed by atoms with van der Waals surface area (Å²) in [4.78, 5) is 31.4. The Kier molecular flexibility index (Phi) is 8.30. The molecule has 1 aliphatic heterocycles. The van der Waals surface area contributed by atoms with Crippen LogP contribution in [-0.4, -0.2) is 52.8 Å². The van der Waals surface area contributed by atoms with Gasteiger partial charge in [0.05, 0.1) is 11.5 Å². The minimum absolute atomic E-state index is 0.0218. The van der Waals surface area contributed by atoms with E-state index >= 15 is 0 Å². The van der Waals surface area contributed by atoms with Crippen molar-refractivity contribution in [2.24, 2.45) is 5.73 Å². The predicted octanol–water partition coefficient (Wildman–Crippen LogP) is 4.61. The highest BCUT2D eigenvalue weighted by Gasteiger charge is 2.50. The molecule has 3 rings (SSSR count). The third-order valence-corrected chi connectivity index (χ3v) is 7.17. The van der Waals surface area contributed by atoms with Gasteiger partial charge in [-0.15, -0.1) is 0 Å². The normalized spacial score (nSPS) is 18.5. The lowest BCUT2D eigenvalue weighted by Crippen LogP contribution is -2.61. The molecule has 0 aromatic heterocycles. The van der Waals surface area contributed by atoms with Crippen molar-refractivity contribution in [3.05, 3.63) is 71.8 Å². The molecule has 2 unspecified atom stereocenters. The van der Waals surface area contributed by atoms with Crippen molar-refractivity contribution in [3.63, 3.8) is 0 Å². The van der Waals surface area contributed by atoms with Gasteiger partial charge in [-0.3, -0.25) is 14.5 Å². The van der Waals surface area contributed by atoms with Gasteiger partial charge in [-0.2, -0.15) is 0 Å². The summed E-state index contributed by atoms with van der Waals surface area (Å²) < 4.78 is 0. The monoisotopic (exact) mass is 449 g/mol. The molecular weight excluding hydrogens is 410 g/mol. The zero-order chi connectivity index (χ0) is 24.0. The SMILES string of the molecule is CC(C)N(CCC(C(N)=O)(c1ccccc1)C1CCCCN1C(=O)c1ccccc1)C(C)C. The van der Waals surface area contributed by atoms with Gasteiger partial charge in [0, 0.05) is 30.7 Å². The summed E-state index contributed by atoms with van der Waals surface area (Å²) >= 11 is 0. The van der Waals surface area contributed by atoms with E-state index in [4.69, 9.17) is 5.73 Å². The molecule has 1 heterocycles. The molecule has 5 nitrogen and oxygen atoms in total. The zero-order valence-corrected chi connectivity index (χ0v) is 20.5. The predicted molar refractivity (Wildman–Crippen MR) is 134 cm³/mol. The first kappa shape index (κ1) is 25.0. The topological polar surface area (TPSA) is 66.6 Å². The van der Waals surface area contributed by atoms with Crippen LogP contribution in [0.4, 0.5) is 0 Å². The van der Waals surface area contributed by atoms with E-state index in [2.05, 4.69) is 32.6 Å². The number of amides is 2. The highest BCUT2D eigenvalue weighted by atomic mass is 16.2. The molecule has 0 spiro atoms. The Hall–Kier alpha value is -2.66. The molecule has 1 aliphatic rings. The first-order chi connectivity index (χ1) is 15.8. The summed E-state index contributed by atoms with van der Waals surface area (Å²) in [6, 6.07) is 19.7. The first-order valence-corrected chi connectivity index (χ1v) is 12.3. The molecule has 0 bridgehead atoms. The number of nitrogens with two attached hydrogens (primary N) is 1. The molecule has 2 amide bonds. The van der Waals surface area contributed by atoms with Gasteiger partial charge in [0.15, 0.2) is 0 Å². The number of likely N-dealkylation sites (tertiary alicyclic amines) is 1. The Morgan fingerprint density at radius 3 is 2.09 bits per heavy atom. The van der Waals surface area contributed by atoms with Gasteiger partial charge in [-0.05, 0) is 71.1 Å². The number of nitrogens with zero attached hydrogens (tertiary/aromatic N) is 2. The number of benzene rings is 2. The maximum atomic E-state index is 13.6. The molecule has 178 valence electrons. The number of hydrogen-bond donors (Lipinski definition) is 1. The minimum Gasteiger partial charge on any atom is -0.369 e. The molecule has 1 saturated heterocycles. The summed E-state index contributed by atoms with van der Waals surface area (Å²) in [5.41, 5.74) is 6.89. The van der Waals surface area contributed by atoms with Crippen molar-refractivity contribution >= 4 is 11.8 Å². The summed E-state index contributed by atoms with van der Waals surface area (Å²) in [7, 11) is 0. The van der Waals surface area contributed by atoms with Crippen LogP contribution in [0.1, 0.15) is 69.3 Å². The quantitative estimate of drug-likeness (QED) is 0.608. The Balaban J connectivity index is 2.08. The number of carbonyl (C=O) groups excluding carboxylic acids is 2. The highest BCUT2D eigenvalue weighted by Crippen LogP contribution is 2.40. The minimum atomic E-state index is -0.950. The van der Waals surface area contributed by atoms with E-state index in [1.54, 1.807) is 0 Å². The van der Waals surface area contributed by atoms with Gasteiger partial charge in [-0.1, -0.05) is 48.5 Å². The van der Waals surface area contributed by atoms with Crippen LogP contribution < -0.4 is 5.73 Å². The summed E-state index contributed by atoms with van der Waals surface area (Å²) in [6.07, 6.45) is 3.25. The summed E-state index contributed by atoms with van der Waals surface area (Å²) in [6.45, 7) is 10.1. The number of hydrogen-bond acceptors (Lipinski definition) is 3. The fourth-order valence-corrected chi connectivity index (χ4v) is 5.52. The van der Waals surface area contributed by atoms with Crippen LogP contribution in [0.2, 0.25) is 0 Å². The van der Waals surface area contributed by atoms with Crippen LogP contribution >= 0.6 is 0 Å². The fraction of sp³-hybridized carbons (Fsp3) is 0.500. The molecule has 1 fully saturated rings. The lowest BCUT2D eigenvalue weighted by atomic mass is 9.67. The van der Waals surface area contributed by atoms with Gasteiger partial charge in [0.1, 0.15) is 0 Å². The molecule has 0 saturated carbocycles. The third-order valence-electron chi connectivity index (χ3n) is 7.17. The van der Waals surface area contributed by atoms with Gasteiger partial charge in [0.2, 0.25) is 5.91 Å². The number of carbonyl (C=O) groups is 2. The van der Waals surface area contributed by atoms with E-state index in [1.165, 1.54) is 0 Å². The molecule has 2 aromatic rings. The average Bonchev–Trinajstić information content (AvgIpc) is 2.82. The van der Waals surface area contributed by atoms with Crippen molar-refractivity contribution in [1.29, 1.82) is 0 Å². The second-order valence-electron chi connectivity index (χ2n) is 9.75.